The molecule has 1 aromatic heterocycles. The number of ether oxygens (including phenoxy) is 1. The first kappa shape index (κ1) is 14.8. The van der Waals surface area contributed by atoms with E-state index in [0.29, 0.717) is 23.5 Å². The molecule has 0 atom stereocenters. The molecule has 5 nitrogen and oxygen atoms in total. The van der Waals surface area contributed by atoms with Crippen LogP contribution in [0.15, 0.2) is 30.3 Å². The molecule has 0 saturated carbocycles. The highest BCUT2D eigenvalue weighted by molar-refractivity contribution is 5.98. The third-order valence-corrected chi connectivity index (χ3v) is 3.10. The summed E-state index contributed by atoms with van der Waals surface area (Å²) >= 11 is 0. The van der Waals surface area contributed by atoms with Gasteiger partial charge in [0.05, 0.1) is 34.9 Å². The van der Waals surface area contributed by atoms with Crippen molar-refractivity contribution < 1.29 is 9.53 Å². The largest absolute Gasteiger partial charge is 0.462 e. The van der Waals surface area contributed by atoms with Crippen molar-refractivity contribution in [1.29, 1.82) is 0 Å². The van der Waals surface area contributed by atoms with Crippen molar-refractivity contribution in [1.82, 2.24) is 4.98 Å². The Labute approximate surface area is 124 Å². The zero-order chi connectivity index (χ0) is 15.4. The van der Waals surface area contributed by atoms with Crippen molar-refractivity contribution >= 4 is 23.0 Å². The Morgan fingerprint density at radius 2 is 2.00 bits per heavy atom. The molecule has 0 spiro atoms. The first-order valence-corrected chi connectivity index (χ1v) is 6.79. The van der Waals surface area contributed by atoms with Crippen LogP contribution in [0.25, 0.3) is 0 Å². The molecule has 2 aromatic rings. The number of esters is 1. The van der Waals surface area contributed by atoms with Crippen LogP contribution < -0.4 is 11.1 Å². The molecule has 0 bridgehead atoms. The van der Waals surface area contributed by atoms with E-state index in [0.717, 1.165) is 17.1 Å². The van der Waals surface area contributed by atoms with Crippen LogP contribution in [0.5, 0.6) is 0 Å². The summed E-state index contributed by atoms with van der Waals surface area (Å²) in [6.45, 7) is 5.93. The number of aryl methyl sites for hydroxylation is 2. The molecule has 3 N–H and O–H groups in total. The third-order valence-electron chi connectivity index (χ3n) is 3.10. The van der Waals surface area contributed by atoms with Crippen molar-refractivity contribution in [2.24, 2.45) is 0 Å². The normalized spacial score (nSPS) is 10.2. The summed E-state index contributed by atoms with van der Waals surface area (Å²) in [6, 6.07) is 9.09. The van der Waals surface area contributed by atoms with Gasteiger partial charge in [0.25, 0.3) is 0 Å². The quantitative estimate of drug-likeness (QED) is 0.666. The van der Waals surface area contributed by atoms with Gasteiger partial charge in [-0.1, -0.05) is 6.07 Å². The Kier molecular flexibility index (Phi) is 4.42. The number of carbonyl (C=O) groups excluding carboxylic acids is 1. The van der Waals surface area contributed by atoms with E-state index in [1.807, 2.05) is 32.0 Å². The minimum absolute atomic E-state index is 0.316. The maximum Gasteiger partial charge on any atom is 0.340 e. The van der Waals surface area contributed by atoms with Crippen LogP contribution in [-0.2, 0) is 4.74 Å². The van der Waals surface area contributed by atoms with Crippen LogP contribution in [0.3, 0.4) is 0 Å². The lowest BCUT2D eigenvalue weighted by atomic mass is 10.1. The summed E-state index contributed by atoms with van der Waals surface area (Å²) in [5, 5.41) is 3.21. The summed E-state index contributed by atoms with van der Waals surface area (Å²) < 4.78 is 4.99. The van der Waals surface area contributed by atoms with Gasteiger partial charge < -0.3 is 15.8 Å². The Balaban J connectivity index is 2.32. The highest BCUT2D eigenvalue weighted by atomic mass is 16.5. The van der Waals surface area contributed by atoms with Gasteiger partial charge in [-0.15, -0.1) is 0 Å². The standard InChI is InChI=1S/C16H19N3O2/c1-4-21-16(20)12-6-5-7-14(15(12)17)19-13-9-8-10(2)18-11(13)3/h5-9,19H,4,17H2,1-3H3. The number of nitrogens with two attached hydrogens (primary N) is 1. The van der Waals surface area contributed by atoms with E-state index in [9.17, 15) is 4.79 Å². The number of nitrogens with zero attached hydrogens (tertiary/aromatic N) is 1. The first-order valence-electron chi connectivity index (χ1n) is 6.79. The summed E-state index contributed by atoms with van der Waals surface area (Å²) in [7, 11) is 0. The SMILES string of the molecule is CCOC(=O)c1cccc(Nc2ccc(C)nc2C)c1N. The smallest absolute Gasteiger partial charge is 0.340 e. The topological polar surface area (TPSA) is 77.2 Å². The van der Waals surface area contributed by atoms with Gasteiger partial charge in [-0.25, -0.2) is 4.79 Å². The van der Waals surface area contributed by atoms with E-state index in [4.69, 9.17) is 10.5 Å². The molecule has 1 heterocycles. The molecule has 2 rings (SSSR count). The molecular formula is C16H19N3O2. The van der Waals surface area contributed by atoms with Gasteiger partial charge in [-0.2, -0.15) is 0 Å². The summed E-state index contributed by atoms with van der Waals surface area (Å²) in [5.74, 6) is -0.419. The summed E-state index contributed by atoms with van der Waals surface area (Å²) in [4.78, 5) is 16.2. The molecule has 0 aliphatic heterocycles. The number of rotatable bonds is 4. The second kappa shape index (κ2) is 6.26. The molecular weight excluding hydrogens is 266 g/mol. The summed E-state index contributed by atoms with van der Waals surface area (Å²) in [6.07, 6.45) is 0. The van der Waals surface area contributed by atoms with Gasteiger partial charge in [0, 0.05) is 5.69 Å². The number of para-hydroxylation sites is 1. The van der Waals surface area contributed by atoms with Crippen molar-refractivity contribution in [3.8, 4) is 0 Å². The molecule has 0 fully saturated rings. The molecule has 110 valence electrons. The van der Waals surface area contributed by atoms with Crippen LogP contribution in [0.2, 0.25) is 0 Å². The highest BCUT2D eigenvalue weighted by Gasteiger charge is 2.14. The van der Waals surface area contributed by atoms with Crippen LogP contribution in [0.4, 0.5) is 17.1 Å². The van der Waals surface area contributed by atoms with Gasteiger partial charge in [0.1, 0.15) is 0 Å². The second-order valence-corrected chi connectivity index (χ2v) is 4.70. The molecule has 0 amide bonds. The average Bonchev–Trinajstić information content (AvgIpc) is 2.44. The van der Waals surface area contributed by atoms with Gasteiger partial charge in [-0.3, -0.25) is 4.98 Å². The average molecular weight is 285 g/mol. The Morgan fingerprint density at radius 3 is 2.67 bits per heavy atom. The fraction of sp³-hybridized carbons (Fsp3) is 0.250. The van der Waals surface area contributed by atoms with Crippen molar-refractivity contribution in [3.05, 3.63) is 47.3 Å². The van der Waals surface area contributed by atoms with E-state index in [1.165, 1.54) is 0 Å². The molecule has 0 aliphatic carbocycles. The lowest BCUT2D eigenvalue weighted by molar-refractivity contribution is 0.0527. The molecule has 0 aliphatic rings. The van der Waals surface area contributed by atoms with Gasteiger partial charge in [0.2, 0.25) is 0 Å². The summed E-state index contributed by atoms with van der Waals surface area (Å²) in [5.41, 5.74) is 10.1. The lowest BCUT2D eigenvalue weighted by Crippen LogP contribution is -2.09. The monoisotopic (exact) mass is 285 g/mol. The third kappa shape index (κ3) is 3.31. The number of nitrogen functional groups attached to an aromatic ring is 1. The van der Waals surface area contributed by atoms with E-state index in [2.05, 4.69) is 10.3 Å². The molecule has 21 heavy (non-hydrogen) atoms. The number of aromatic nitrogens is 1. The fourth-order valence-electron chi connectivity index (χ4n) is 2.02. The van der Waals surface area contributed by atoms with Gasteiger partial charge in [0.15, 0.2) is 0 Å². The number of pyridine rings is 1. The second-order valence-electron chi connectivity index (χ2n) is 4.70. The Bertz CT molecular complexity index is 669. The van der Waals surface area contributed by atoms with Crippen molar-refractivity contribution in [3.63, 3.8) is 0 Å². The number of hydrogen-bond donors (Lipinski definition) is 2. The number of anilines is 3. The van der Waals surface area contributed by atoms with E-state index in [1.54, 1.807) is 19.1 Å². The van der Waals surface area contributed by atoms with Gasteiger partial charge >= 0.3 is 5.97 Å². The molecule has 0 radical (unpaired) electrons. The zero-order valence-electron chi connectivity index (χ0n) is 12.4. The molecule has 5 heteroatoms. The number of benzene rings is 1. The maximum absolute atomic E-state index is 11.8. The maximum atomic E-state index is 11.8. The lowest BCUT2D eigenvalue weighted by Gasteiger charge is -2.14. The molecule has 0 unspecified atom stereocenters. The van der Waals surface area contributed by atoms with E-state index < -0.39 is 5.97 Å². The first-order chi connectivity index (χ1) is 10.0. The van der Waals surface area contributed by atoms with E-state index >= 15 is 0 Å². The molecule has 0 saturated heterocycles. The predicted octanol–water partition coefficient (Wildman–Crippen LogP) is 3.20. The van der Waals surface area contributed by atoms with Crippen LogP contribution in [0, 0.1) is 13.8 Å². The van der Waals surface area contributed by atoms with Crippen LogP contribution >= 0.6 is 0 Å². The highest BCUT2D eigenvalue weighted by Crippen LogP contribution is 2.28. The predicted molar refractivity (Wildman–Crippen MR) is 83.8 cm³/mol. The number of hydrogen-bond acceptors (Lipinski definition) is 5. The van der Waals surface area contributed by atoms with E-state index in [-0.39, 0.29) is 0 Å². The van der Waals surface area contributed by atoms with Gasteiger partial charge in [-0.05, 0) is 45.0 Å². The molecule has 1 aromatic carbocycles. The zero-order valence-corrected chi connectivity index (χ0v) is 12.4. The minimum atomic E-state index is -0.419. The number of nitrogens with one attached hydrogen (secondary N) is 1. The fourth-order valence-corrected chi connectivity index (χ4v) is 2.02. The van der Waals surface area contributed by atoms with Crippen molar-refractivity contribution in [2.75, 3.05) is 17.7 Å². The Hall–Kier alpha value is -2.56. The van der Waals surface area contributed by atoms with Crippen molar-refractivity contribution in [2.45, 2.75) is 20.8 Å². The van der Waals surface area contributed by atoms with Crippen LogP contribution in [-0.4, -0.2) is 17.6 Å². The van der Waals surface area contributed by atoms with Crippen LogP contribution in [0.1, 0.15) is 28.7 Å². The number of carbonyl (C=O) groups is 1. The minimum Gasteiger partial charge on any atom is -0.462 e. The Morgan fingerprint density at radius 1 is 1.24 bits per heavy atom.